The fraction of sp³-hybridized carbons (Fsp3) is 0.583. The van der Waals surface area contributed by atoms with Crippen molar-refractivity contribution in [3.63, 3.8) is 0 Å². The zero-order valence-electron chi connectivity index (χ0n) is 31.0. The van der Waals surface area contributed by atoms with Crippen molar-refractivity contribution >= 4 is 17.9 Å². The number of rotatable bonds is 9. The Kier molecular flexibility index (Phi) is 30.8. The van der Waals surface area contributed by atoms with Crippen LogP contribution in [0.2, 0.25) is 0 Å². The number of ether oxygens (including phenoxy) is 3. The third-order valence-corrected chi connectivity index (χ3v) is 5.11. The van der Waals surface area contributed by atoms with Crippen LogP contribution in [0.25, 0.3) is 0 Å². The van der Waals surface area contributed by atoms with Crippen molar-refractivity contribution in [2.75, 3.05) is 0 Å². The van der Waals surface area contributed by atoms with E-state index in [9.17, 15) is 29.7 Å². The summed E-state index contributed by atoms with van der Waals surface area (Å²) < 4.78 is 13.8. The number of allylic oxidation sites excluding steroid dienone is 6. The van der Waals surface area contributed by atoms with Crippen molar-refractivity contribution in [2.45, 2.75) is 138 Å². The van der Waals surface area contributed by atoms with Crippen LogP contribution < -0.4 is 31.3 Å². The molecule has 12 heteroatoms. The number of carboxylic acids is 3. The van der Waals surface area contributed by atoms with Crippen molar-refractivity contribution in [3.05, 3.63) is 73.5 Å². The molecule has 3 unspecified atom stereocenters. The van der Waals surface area contributed by atoms with Gasteiger partial charge in [-0.3, -0.25) is 0 Å². The van der Waals surface area contributed by atoms with Gasteiger partial charge in [-0.25, -0.2) is 0 Å². The van der Waals surface area contributed by atoms with E-state index in [0.29, 0.717) is 0 Å². The van der Waals surface area contributed by atoms with Gasteiger partial charge < -0.3 is 59.9 Å². The Morgan fingerprint density at radius 1 is 0.417 bits per heavy atom. The summed E-state index contributed by atoms with van der Waals surface area (Å²) in [5.41, 5.74) is 0. The monoisotopic (exact) mass is 681 g/mol. The van der Waals surface area contributed by atoms with Gasteiger partial charge in [0, 0.05) is 0 Å². The van der Waals surface area contributed by atoms with E-state index in [0.717, 1.165) is 36.3 Å². The average Bonchev–Trinajstić information content (AvgIpc) is 2.98. The van der Waals surface area contributed by atoms with Crippen LogP contribution in [0.3, 0.4) is 0 Å². The number of carbonyl (C=O) groups excluding carboxylic acids is 3. The summed E-state index contributed by atoms with van der Waals surface area (Å²) in [7, 11) is 0. The lowest BCUT2D eigenvalue weighted by molar-refractivity contribution is -0.709. The van der Waals surface area contributed by atoms with Crippen molar-refractivity contribution in [2.24, 2.45) is 0 Å². The first-order valence-electron chi connectivity index (χ1n) is 16.4. The summed E-state index contributed by atoms with van der Waals surface area (Å²) in [6.45, 7) is 26.5. The van der Waals surface area contributed by atoms with Gasteiger partial charge >= 0.3 is 0 Å². The number of aliphatic carboxylic acids is 3. The van der Waals surface area contributed by atoms with Crippen molar-refractivity contribution in [1.82, 2.24) is 0 Å². The van der Waals surface area contributed by atoms with Crippen LogP contribution in [-0.4, -0.2) is 72.5 Å². The van der Waals surface area contributed by atoms with Gasteiger partial charge in [-0.15, -0.1) is 0 Å². The van der Waals surface area contributed by atoms with E-state index in [2.05, 4.69) is 113 Å². The maximum Gasteiger partial charge on any atom is 0.156 e. The lowest BCUT2D eigenvalue weighted by Crippen LogP contribution is -2.92. The molecule has 0 aliphatic carbocycles. The molecule has 0 fully saturated rings. The van der Waals surface area contributed by atoms with Gasteiger partial charge in [0.05, 0.1) is 72.9 Å². The first-order chi connectivity index (χ1) is 22.3. The van der Waals surface area contributed by atoms with Gasteiger partial charge in [-0.2, -0.15) is 0 Å². The van der Waals surface area contributed by atoms with Crippen LogP contribution in [0.1, 0.15) is 83.1 Å². The van der Waals surface area contributed by atoms with E-state index in [1.54, 1.807) is 36.5 Å². The van der Waals surface area contributed by atoms with Crippen molar-refractivity contribution in [1.29, 1.82) is 0 Å². The Bertz CT molecular complexity index is 881. The molecule has 48 heavy (non-hydrogen) atoms. The van der Waals surface area contributed by atoms with Gasteiger partial charge in [0.2, 0.25) is 0 Å². The number of hydrogen-bond donors (Lipinski definition) is 3. The lowest BCUT2D eigenvalue weighted by Gasteiger charge is -2.14. The van der Waals surface area contributed by atoms with Crippen LogP contribution in [0.5, 0.6) is 0 Å². The molecule has 3 rings (SSSR count). The van der Waals surface area contributed by atoms with Crippen molar-refractivity contribution < 1.29 is 59.9 Å². The minimum Gasteiger partial charge on any atom is -0.546 e. The molecule has 0 aromatic carbocycles. The molecule has 0 aromatic heterocycles. The summed E-state index contributed by atoms with van der Waals surface area (Å²) in [5.74, 6) is -3.64. The summed E-state index contributed by atoms with van der Waals surface area (Å²) in [6, 6.07) is 4.50. The Labute approximate surface area is 288 Å². The molecule has 0 amide bonds. The summed E-state index contributed by atoms with van der Waals surface area (Å²) in [5, 5.41) is 37.1. The molecule has 3 aliphatic rings. The third kappa shape index (κ3) is 36.6. The Morgan fingerprint density at radius 3 is 0.667 bits per heavy atom. The van der Waals surface area contributed by atoms with Gasteiger partial charge in [0.1, 0.15) is 0 Å². The van der Waals surface area contributed by atoms with Gasteiger partial charge in [-0.05, 0) is 120 Å². The number of carbonyl (C=O) groups is 3. The largest absolute Gasteiger partial charge is 0.546 e. The average molecular weight is 682 g/mol. The molecule has 3 atom stereocenters. The smallest absolute Gasteiger partial charge is 0.156 e. The zero-order valence-corrected chi connectivity index (χ0v) is 31.0. The topological polar surface area (TPSA) is 198 Å². The molecule has 0 bridgehead atoms. The first-order valence-corrected chi connectivity index (χ1v) is 16.4. The predicted octanol–water partition coefficient (Wildman–Crippen LogP) is -1.29. The Hall–Kier alpha value is -3.87. The minimum absolute atomic E-state index is 0.750. The van der Waals surface area contributed by atoms with Crippen LogP contribution >= 0.6 is 0 Å². The summed E-state index contributed by atoms with van der Waals surface area (Å²) >= 11 is 0. The van der Waals surface area contributed by atoms with Crippen LogP contribution in [0, 0.1) is 0 Å². The fourth-order valence-electron chi connectivity index (χ4n) is 3.87. The molecule has 0 radical (unpaired) electrons. The molecule has 0 saturated heterocycles. The minimum atomic E-state index is -1.21. The number of carboxylic acid groups (broad SMARTS) is 3. The highest BCUT2D eigenvalue weighted by Crippen LogP contribution is 2.01. The highest BCUT2D eigenvalue weighted by atomic mass is 16.5. The van der Waals surface area contributed by atoms with E-state index in [-0.39, 0.29) is 0 Å². The molecule has 3 heterocycles. The van der Waals surface area contributed by atoms with Gasteiger partial charge in [0.15, 0.2) is 18.3 Å². The maximum atomic E-state index is 10.0. The Balaban J connectivity index is -0.000000509. The van der Waals surface area contributed by atoms with E-state index < -0.39 is 36.2 Å². The van der Waals surface area contributed by atoms with Gasteiger partial charge in [-0.1, -0.05) is 18.2 Å². The molecule has 0 saturated carbocycles. The van der Waals surface area contributed by atoms with E-state index in [4.69, 9.17) is 0 Å². The quantitative estimate of drug-likeness (QED) is 0.265. The molecule has 6 N–H and O–H groups in total. The maximum absolute atomic E-state index is 10.0. The second kappa shape index (κ2) is 30.5. The summed E-state index contributed by atoms with van der Waals surface area (Å²) in [4.78, 5) is 30.1. The molecule has 0 aromatic rings. The standard InChI is InChI=1S/3C6H15N.3C6H6O3/c3*1-5(2)7-6(3)4;3*7-6(8)5-3-1-2-4-9-5/h3*5-7H,1-4H3;3*1-5H,(H,7,8). The highest BCUT2D eigenvalue weighted by Gasteiger charge is 2.06. The number of quaternary nitrogens is 3. The normalized spacial score (nSPS) is 18.0. The second-order valence-electron chi connectivity index (χ2n) is 12.8. The number of hydrogen-bond acceptors (Lipinski definition) is 9. The lowest BCUT2D eigenvalue weighted by atomic mass is 10.3. The number of nitrogens with two attached hydrogens (primary N) is 3. The van der Waals surface area contributed by atoms with Crippen LogP contribution in [0.4, 0.5) is 0 Å². The predicted molar refractivity (Wildman–Crippen MR) is 181 cm³/mol. The van der Waals surface area contributed by atoms with Crippen LogP contribution in [-0.2, 0) is 28.6 Å². The van der Waals surface area contributed by atoms with Crippen molar-refractivity contribution in [3.8, 4) is 0 Å². The zero-order chi connectivity index (χ0) is 37.7. The van der Waals surface area contributed by atoms with E-state index >= 15 is 0 Å². The molecule has 3 aliphatic heterocycles. The summed E-state index contributed by atoms with van der Waals surface area (Å²) in [6.07, 6.45) is 15.1. The van der Waals surface area contributed by atoms with E-state index in [1.165, 1.54) is 37.0 Å². The SMILES string of the molecule is CC(C)[NH2+]C(C)C.CC(C)[NH2+]C(C)C.CC(C)[NH2+]C(C)C.O=C([O-])C1C=CC=CO1.O=C([O-])C1C=CC=CO1.O=C([O-])C1C=CC=CO1. The third-order valence-electron chi connectivity index (χ3n) is 5.11. The molecular formula is C36H63N3O9. The first kappa shape index (κ1) is 48.5. The van der Waals surface area contributed by atoms with Gasteiger partial charge in [0.25, 0.3) is 0 Å². The molecular weight excluding hydrogens is 618 g/mol. The van der Waals surface area contributed by atoms with E-state index in [1.807, 2.05) is 0 Å². The van der Waals surface area contributed by atoms with Crippen LogP contribution in [0.15, 0.2) is 73.5 Å². The molecule has 0 spiro atoms. The molecule has 12 nitrogen and oxygen atoms in total. The Morgan fingerprint density at radius 2 is 0.604 bits per heavy atom. The fourth-order valence-corrected chi connectivity index (χ4v) is 3.87. The molecule has 276 valence electrons. The highest BCUT2D eigenvalue weighted by molar-refractivity contribution is 5.73. The second-order valence-corrected chi connectivity index (χ2v) is 12.8.